The Labute approximate surface area is 155 Å². The lowest BCUT2D eigenvalue weighted by Crippen LogP contribution is -2.46. The molecule has 1 amide bonds. The molecular formula is C16H26ClN3O4S. The Balaban J connectivity index is 0.00000312. The first-order valence-electron chi connectivity index (χ1n) is 8.02. The summed E-state index contributed by atoms with van der Waals surface area (Å²) in [5, 5.41) is 2.81. The quantitative estimate of drug-likeness (QED) is 0.708. The van der Waals surface area contributed by atoms with Gasteiger partial charge in [0.05, 0.1) is 11.5 Å². The molecule has 0 radical (unpaired) electrons. The number of nitrogens with zero attached hydrogens (tertiary/aromatic N) is 1. The SMILES string of the molecule is COCC(N)C(=O)NCC1CCN(S(=O)(=O)c2ccccc2)CC1.Cl. The number of nitrogens with one attached hydrogen (secondary N) is 1. The lowest BCUT2D eigenvalue weighted by molar-refractivity contribution is -0.123. The third-order valence-electron chi connectivity index (χ3n) is 4.20. The van der Waals surface area contributed by atoms with E-state index < -0.39 is 16.1 Å². The van der Waals surface area contributed by atoms with E-state index in [1.807, 2.05) is 0 Å². The first-order chi connectivity index (χ1) is 11.4. The maximum atomic E-state index is 12.5. The Morgan fingerprint density at radius 2 is 1.92 bits per heavy atom. The summed E-state index contributed by atoms with van der Waals surface area (Å²) in [6, 6.07) is 7.78. The zero-order chi connectivity index (χ0) is 17.6. The van der Waals surface area contributed by atoms with Gasteiger partial charge in [-0.25, -0.2) is 8.42 Å². The molecule has 1 saturated heterocycles. The van der Waals surface area contributed by atoms with Crippen molar-refractivity contribution in [3.63, 3.8) is 0 Å². The molecule has 1 fully saturated rings. The third-order valence-corrected chi connectivity index (χ3v) is 6.12. The number of amides is 1. The smallest absolute Gasteiger partial charge is 0.243 e. The van der Waals surface area contributed by atoms with Crippen molar-refractivity contribution in [2.24, 2.45) is 11.7 Å². The second kappa shape index (κ2) is 10.1. The fraction of sp³-hybridized carbons (Fsp3) is 0.562. The molecule has 1 aliphatic heterocycles. The Morgan fingerprint density at radius 1 is 1.32 bits per heavy atom. The molecule has 0 spiro atoms. The molecule has 1 heterocycles. The van der Waals surface area contributed by atoms with E-state index >= 15 is 0 Å². The van der Waals surface area contributed by atoms with Gasteiger partial charge in [-0.15, -0.1) is 12.4 Å². The van der Waals surface area contributed by atoms with Gasteiger partial charge in [-0.1, -0.05) is 18.2 Å². The molecule has 1 aliphatic rings. The van der Waals surface area contributed by atoms with Crippen molar-refractivity contribution >= 4 is 28.3 Å². The number of carbonyl (C=O) groups excluding carboxylic acids is 1. The second-order valence-corrected chi connectivity index (χ2v) is 7.91. The molecule has 1 aromatic carbocycles. The lowest BCUT2D eigenvalue weighted by atomic mass is 9.98. The van der Waals surface area contributed by atoms with Crippen molar-refractivity contribution in [2.45, 2.75) is 23.8 Å². The maximum Gasteiger partial charge on any atom is 0.243 e. The number of methoxy groups -OCH3 is 1. The second-order valence-electron chi connectivity index (χ2n) is 5.97. The molecule has 25 heavy (non-hydrogen) atoms. The molecule has 142 valence electrons. The topological polar surface area (TPSA) is 102 Å². The van der Waals surface area contributed by atoms with E-state index in [1.54, 1.807) is 30.3 Å². The molecule has 3 N–H and O–H groups in total. The van der Waals surface area contributed by atoms with Crippen LogP contribution >= 0.6 is 12.4 Å². The van der Waals surface area contributed by atoms with E-state index in [9.17, 15) is 13.2 Å². The molecule has 2 rings (SSSR count). The maximum absolute atomic E-state index is 12.5. The van der Waals surface area contributed by atoms with Gasteiger partial charge in [0.15, 0.2) is 0 Å². The fourth-order valence-electron chi connectivity index (χ4n) is 2.73. The van der Waals surface area contributed by atoms with Crippen molar-refractivity contribution in [3.05, 3.63) is 30.3 Å². The van der Waals surface area contributed by atoms with Crippen LogP contribution in [0.4, 0.5) is 0 Å². The van der Waals surface area contributed by atoms with E-state index in [-0.39, 0.29) is 30.8 Å². The number of hydrogen-bond acceptors (Lipinski definition) is 5. The van der Waals surface area contributed by atoms with Gasteiger partial charge < -0.3 is 15.8 Å². The van der Waals surface area contributed by atoms with Crippen LogP contribution in [0.5, 0.6) is 0 Å². The van der Waals surface area contributed by atoms with E-state index in [2.05, 4.69) is 5.32 Å². The summed E-state index contributed by atoms with van der Waals surface area (Å²) >= 11 is 0. The number of piperidine rings is 1. The number of nitrogens with two attached hydrogens (primary N) is 1. The van der Waals surface area contributed by atoms with Crippen LogP contribution in [0.1, 0.15) is 12.8 Å². The molecule has 0 bridgehead atoms. The van der Waals surface area contributed by atoms with Crippen LogP contribution < -0.4 is 11.1 Å². The number of rotatable bonds is 7. The van der Waals surface area contributed by atoms with Crippen LogP contribution in [0.2, 0.25) is 0 Å². The highest BCUT2D eigenvalue weighted by Gasteiger charge is 2.29. The van der Waals surface area contributed by atoms with Gasteiger partial charge in [-0.2, -0.15) is 4.31 Å². The predicted molar refractivity (Wildman–Crippen MR) is 98.0 cm³/mol. The molecule has 7 nitrogen and oxygen atoms in total. The molecule has 0 aliphatic carbocycles. The van der Waals surface area contributed by atoms with Crippen molar-refractivity contribution in [3.8, 4) is 0 Å². The highest BCUT2D eigenvalue weighted by Crippen LogP contribution is 2.23. The zero-order valence-electron chi connectivity index (χ0n) is 14.3. The number of halogens is 1. The number of ether oxygens (including phenoxy) is 1. The average Bonchev–Trinajstić information content (AvgIpc) is 2.61. The van der Waals surface area contributed by atoms with Crippen LogP contribution in [-0.2, 0) is 19.6 Å². The van der Waals surface area contributed by atoms with Crippen LogP contribution in [0.3, 0.4) is 0 Å². The minimum absolute atomic E-state index is 0. The standard InChI is InChI=1S/C16H25N3O4S.ClH/c1-23-12-15(17)16(20)18-11-13-7-9-19(10-8-13)24(21,22)14-5-3-2-4-6-14;/h2-6,13,15H,7-12,17H2,1H3,(H,18,20);1H. The monoisotopic (exact) mass is 391 g/mol. The molecule has 1 atom stereocenters. The van der Waals surface area contributed by atoms with Gasteiger partial charge in [0.2, 0.25) is 15.9 Å². The molecule has 0 saturated carbocycles. The lowest BCUT2D eigenvalue weighted by Gasteiger charge is -2.31. The normalized spacial score (nSPS) is 17.5. The van der Waals surface area contributed by atoms with Crippen LogP contribution in [0.15, 0.2) is 35.2 Å². The van der Waals surface area contributed by atoms with Gasteiger partial charge >= 0.3 is 0 Å². The molecular weight excluding hydrogens is 366 g/mol. The molecule has 9 heteroatoms. The summed E-state index contributed by atoms with van der Waals surface area (Å²) in [5.74, 6) is 0.0158. The van der Waals surface area contributed by atoms with E-state index in [4.69, 9.17) is 10.5 Å². The Morgan fingerprint density at radius 3 is 2.48 bits per heavy atom. The number of carbonyl (C=O) groups is 1. The highest BCUT2D eigenvalue weighted by atomic mass is 35.5. The van der Waals surface area contributed by atoms with Gasteiger partial charge in [-0.05, 0) is 30.9 Å². The van der Waals surface area contributed by atoms with Gasteiger partial charge in [0.25, 0.3) is 0 Å². The first-order valence-corrected chi connectivity index (χ1v) is 9.46. The van der Waals surface area contributed by atoms with Crippen molar-refractivity contribution in [2.75, 3.05) is 33.4 Å². The zero-order valence-corrected chi connectivity index (χ0v) is 15.9. The Hall–Kier alpha value is -1.19. The van der Waals surface area contributed by atoms with Crippen LogP contribution in [0.25, 0.3) is 0 Å². The largest absolute Gasteiger partial charge is 0.383 e. The van der Waals surface area contributed by atoms with Gasteiger partial charge in [0, 0.05) is 26.7 Å². The van der Waals surface area contributed by atoms with Crippen LogP contribution in [-0.4, -0.2) is 58.0 Å². The average molecular weight is 392 g/mol. The highest BCUT2D eigenvalue weighted by molar-refractivity contribution is 7.89. The summed E-state index contributed by atoms with van der Waals surface area (Å²) in [5.41, 5.74) is 5.66. The summed E-state index contributed by atoms with van der Waals surface area (Å²) < 4.78 is 31.5. The summed E-state index contributed by atoms with van der Waals surface area (Å²) in [7, 11) is -1.93. The third kappa shape index (κ3) is 5.93. The van der Waals surface area contributed by atoms with Crippen molar-refractivity contribution in [1.29, 1.82) is 0 Å². The summed E-state index contributed by atoms with van der Waals surface area (Å²) in [6.07, 6.45) is 1.43. The van der Waals surface area contributed by atoms with Crippen molar-refractivity contribution < 1.29 is 17.9 Å². The number of benzene rings is 1. The van der Waals surface area contributed by atoms with Gasteiger partial charge in [0.1, 0.15) is 6.04 Å². The molecule has 1 unspecified atom stereocenters. The van der Waals surface area contributed by atoms with E-state index in [0.717, 1.165) is 0 Å². The number of sulfonamides is 1. The Bertz CT molecular complexity index is 634. The first kappa shape index (κ1) is 21.9. The van der Waals surface area contributed by atoms with E-state index in [1.165, 1.54) is 11.4 Å². The number of hydrogen-bond donors (Lipinski definition) is 2. The summed E-state index contributed by atoms with van der Waals surface area (Å²) in [6.45, 7) is 1.61. The minimum Gasteiger partial charge on any atom is -0.383 e. The van der Waals surface area contributed by atoms with Crippen LogP contribution in [0, 0.1) is 5.92 Å². The van der Waals surface area contributed by atoms with Gasteiger partial charge in [-0.3, -0.25) is 4.79 Å². The fourth-order valence-corrected chi connectivity index (χ4v) is 4.22. The molecule has 0 aromatic heterocycles. The Kier molecular flexibility index (Phi) is 8.81. The molecule has 1 aromatic rings. The van der Waals surface area contributed by atoms with E-state index in [0.29, 0.717) is 37.4 Å². The summed E-state index contributed by atoms with van der Waals surface area (Å²) in [4.78, 5) is 12.1. The minimum atomic E-state index is -3.43. The predicted octanol–water partition coefficient (Wildman–Crippen LogP) is 0.599. The van der Waals surface area contributed by atoms with Crippen molar-refractivity contribution in [1.82, 2.24) is 9.62 Å².